The molecule has 0 fully saturated rings. The number of aliphatic hydroxyl groups excluding tert-OH is 1. The molecule has 1 aromatic rings. The number of hydrogen-bond donors (Lipinski definition) is 1. The van der Waals surface area contributed by atoms with Gasteiger partial charge in [0.2, 0.25) is 0 Å². The third kappa shape index (κ3) is 8.29. The van der Waals surface area contributed by atoms with Gasteiger partial charge in [-0.25, -0.2) is 4.79 Å². The lowest BCUT2D eigenvalue weighted by molar-refractivity contribution is -0.147. The highest BCUT2D eigenvalue weighted by Gasteiger charge is 2.15. The number of rotatable bonds is 9. The van der Waals surface area contributed by atoms with Gasteiger partial charge in [-0.2, -0.15) is 0 Å². The van der Waals surface area contributed by atoms with E-state index in [1.165, 1.54) is 19.3 Å². The summed E-state index contributed by atoms with van der Waals surface area (Å²) in [4.78, 5) is 22.5. The van der Waals surface area contributed by atoms with E-state index in [1.54, 1.807) is 13.0 Å². The Labute approximate surface area is 142 Å². The molecule has 0 heterocycles. The average Bonchev–Trinajstić information content (AvgIpc) is 2.60. The number of methoxy groups -OCH3 is 1. The van der Waals surface area contributed by atoms with Crippen LogP contribution in [0, 0.1) is 0 Å². The molecule has 5 nitrogen and oxygen atoms in total. The number of ether oxygens (including phenoxy) is 2. The lowest BCUT2D eigenvalue weighted by Crippen LogP contribution is -2.21. The van der Waals surface area contributed by atoms with Crippen LogP contribution in [0.3, 0.4) is 0 Å². The molecule has 0 aliphatic carbocycles. The standard InChI is InChI=1S/C19H24O5/c1-3-18(21)24-17(13-12-15-8-5-4-6-9-15)14-16(20)10-7-11-19(22)23-2/h4-9,11-13,16-17,20H,3,10,14H2,1-2H3/b11-7+,13-12+/t16-,17-/m1/s1. The number of hydrogen-bond acceptors (Lipinski definition) is 5. The summed E-state index contributed by atoms with van der Waals surface area (Å²) in [6.45, 7) is 1.72. The first-order chi connectivity index (χ1) is 11.5. The predicted molar refractivity (Wildman–Crippen MR) is 92.0 cm³/mol. The lowest BCUT2D eigenvalue weighted by atomic mass is 10.1. The van der Waals surface area contributed by atoms with Crippen LogP contribution in [0.2, 0.25) is 0 Å². The molecule has 5 heteroatoms. The molecule has 0 unspecified atom stereocenters. The van der Waals surface area contributed by atoms with Crippen molar-refractivity contribution in [3.63, 3.8) is 0 Å². The first-order valence-electron chi connectivity index (χ1n) is 7.90. The number of aliphatic hydroxyl groups is 1. The highest BCUT2D eigenvalue weighted by Crippen LogP contribution is 2.12. The van der Waals surface area contributed by atoms with Crippen LogP contribution in [0.15, 0.2) is 48.6 Å². The fourth-order valence-electron chi connectivity index (χ4n) is 1.95. The number of benzene rings is 1. The molecule has 0 aromatic heterocycles. The van der Waals surface area contributed by atoms with Crippen LogP contribution in [0.4, 0.5) is 0 Å². The zero-order chi connectivity index (χ0) is 17.8. The van der Waals surface area contributed by atoms with Crippen molar-refractivity contribution in [3.8, 4) is 0 Å². The topological polar surface area (TPSA) is 72.8 Å². The Hall–Kier alpha value is -2.40. The van der Waals surface area contributed by atoms with E-state index in [-0.39, 0.29) is 25.2 Å². The molecule has 0 aliphatic heterocycles. The Morgan fingerprint density at radius 1 is 1.25 bits per heavy atom. The maximum Gasteiger partial charge on any atom is 0.330 e. The normalized spacial score (nSPS) is 13.8. The zero-order valence-corrected chi connectivity index (χ0v) is 14.1. The summed E-state index contributed by atoms with van der Waals surface area (Å²) in [5, 5.41) is 10.1. The molecule has 1 rings (SSSR count). The summed E-state index contributed by atoms with van der Waals surface area (Å²) >= 11 is 0. The van der Waals surface area contributed by atoms with E-state index in [4.69, 9.17) is 4.74 Å². The number of esters is 2. The van der Waals surface area contributed by atoms with Crippen molar-refractivity contribution >= 4 is 18.0 Å². The summed E-state index contributed by atoms with van der Waals surface area (Å²) in [5.74, 6) is -0.796. The minimum absolute atomic E-state index is 0.251. The number of carbonyl (C=O) groups is 2. The van der Waals surface area contributed by atoms with Crippen molar-refractivity contribution in [2.45, 2.75) is 38.4 Å². The van der Waals surface area contributed by atoms with Gasteiger partial charge in [0.1, 0.15) is 6.10 Å². The van der Waals surface area contributed by atoms with Gasteiger partial charge in [0.15, 0.2) is 0 Å². The Balaban J connectivity index is 2.64. The molecule has 130 valence electrons. The van der Waals surface area contributed by atoms with E-state index >= 15 is 0 Å². The van der Waals surface area contributed by atoms with Crippen LogP contribution in [0.1, 0.15) is 31.7 Å². The minimum atomic E-state index is -0.735. The predicted octanol–water partition coefficient (Wildman–Crippen LogP) is 2.89. The van der Waals surface area contributed by atoms with Crippen molar-refractivity contribution in [1.82, 2.24) is 0 Å². The van der Waals surface area contributed by atoms with E-state index in [1.807, 2.05) is 36.4 Å². The van der Waals surface area contributed by atoms with E-state index < -0.39 is 18.2 Å². The van der Waals surface area contributed by atoms with Crippen LogP contribution < -0.4 is 0 Å². The molecule has 2 atom stereocenters. The zero-order valence-electron chi connectivity index (χ0n) is 14.1. The quantitative estimate of drug-likeness (QED) is 0.556. The van der Waals surface area contributed by atoms with Crippen molar-refractivity contribution in [1.29, 1.82) is 0 Å². The molecule has 0 saturated carbocycles. The molecule has 0 aliphatic rings. The lowest BCUT2D eigenvalue weighted by Gasteiger charge is -2.17. The molecular formula is C19H24O5. The van der Waals surface area contributed by atoms with Crippen molar-refractivity contribution in [2.75, 3.05) is 7.11 Å². The first-order valence-corrected chi connectivity index (χ1v) is 7.90. The Bertz CT molecular complexity index is 562. The van der Waals surface area contributed by atoms with Gasteiger partial charge >= 0.3 is 11.9 Å². The molecule has 24 heavy (non-hydrogen) atoms. The van der Waals surface area contributed by atoms with Crippen molar-refractivity contribution in [3.05, 3.63) is 54.1 Å². The van der Waals surface area contributed by atoms with Gasteiger partial charge in [-0.05, 0) is 18.1 Å². The summed E-state index contributed by atoms with van der Waals surface area (Å²) < 4.78 is 9.82. The summed E-state index contributed by atoms with van der Waals surface area (Å²) in [6.07, 6.45) is 5.94. The fraction of sp³-hybridized carbons (Fsp3) is 0.368. The molecular weight excluding hydrogens is 308 g/mol. The molecule has 0 amide bonds. The van der Waals surface area contributed by atoms with Gasteiger partial charge in [0, 0.05) is 18.9 Å². The van der Waals surface area contributed by atoms with Crippen molar-refractivity contribution in [2.24, 2.45) is 0 Å². The van der Waals surface area contributed by atoms with E-state index in [9.17, 15) is 14.7 Å². The highest BCUT2D eigenvalue weighted by molar-refractivity contribution is 5.81. The molecule has 1 N–H and O–H groups in total. The van der Waals surface area contributed by atoms with Crippen LogP contribution in [0.5, 0.6) is 0 Å². The minimum Gasteiger partial charge on any atom is -0.466 e. The van der Waals surface area contributed by atoms with Crippen LogP contribution in [-0.4, -0.2) is 36.4 Å². The second kappa shape index (κ2) is 11.2. The van der Waals surface area contributed by atoms with E-state index in [0.717, 1.165) is 5.56 Å². The molecule has 0 bridgehead atoms. The fourth-order valence-corrected chi connectivity index (χ4v) is 1.95. The van der Waals surface area contributed by atoms with Gasteiger partial charge in [-0.15, -0.1) is 0 Å². The smallest absolute Gasteiger partial charge is 0.330 e. The Morgan fingerprint density at radius 3 is 2.58 bits per heavy atom. The van der Waals surface area contributed by atoms with Crippen LogP contribution in [-0.2, 0) is 19.1 Å². The maximum absolute atomic E-state index is 11.5. The maximum atomic E-state index is 11.5. The average molecular weight is 332 g/mol. The summed E-state index contributed by atoms with van der Waals surface area (Å²) in [5.41, 5.74) is 0.982. The second-order valence-corrected chi connectivity index (χ2v) is 5.20. The third-order valence-corrected chi connectivity index (χ3v) is 3.24. The molecule has 0 spiro atoms. The van der Waals surface area contributed by atoms with Gasteiger partial charge in [0.05, 0.1) is 13.2 Å². The largest absolute Gasteiger partial charge is 0.466 e. The SMILES string of the molecule is CCC(=O)O[C@H](/C=C/c1ccccc1)C[C@H](O)C/C=C/C(=O)OC. The van der Waals surface area contributed by atoms with E-state index in [2.05, 4.69) is 4.74 Å². The Morgan fingerprint density at radius 2 is 1.96 bits per heavy atom. The monoisotopic (exact) mass is 332 g/mol. The van der Waals surface area contributed by atoms with Crippen LogP contribution in [0.25, 0.3) is 6.08 Å². The second-order valence-electron chi connectivity index (χ2n) is 5.20. The van der Waals surface area contributed by atoms with Gasteiger partial charge in [0.25, 0.3) is 0 Å². The van der Waals surface area contributed by atoms with E-state index in [0.29, 0.717) is 0 Å². The summed E-state index contributed by atoms with van der Waals surface area (Å²) in [6, 6.07) is 9.62. The Kier molecular flexibility index (Phi) is 9.16. The van der Waals surface area contributed by atoms with Gasteiger partial charge < -0.3 is 14.6 Å². The third-order valence-electron chi connectivity index (χ3n) is 3.24. The summed E-state index contributed by atoms with van der Waals surface area (Å²) in [7, 11) is 1.29. The van der Waals surface area contributed by atoms with Gasteiger partial charge in [-0.1, -0.05) is 49.4 Å². The number of carbonyl (C=O) groups excluding carboxylic acids is 2. The first kappa shape index (κ1) is 19.6. The van der Waals surface area contributed by atoms with Crippen molar-refractivity contribution < 1.29 is 24.2 Å². The van der Waals surface area contributed by atoms with Crippen LogP contribution >= 0.6 is 0 Å². The molecule has 1 aromatic carbocycles. The molecule has 0 radical (unpaired) electrons. The highest BCUT2D eigenvalue weighted by atomic mass is 16.5. The van der Waals surface area contributed by atoms with Gasteiger partial charge in [-0.3, -0.25) is 4.79 Å². The molecule has 0 saturated heterocycles.